The van der Waals surface area contributed by atoms with E-state index in [1.54, 1.807) is 20.4 Å². The monoisotopic (exact) mass is 260 g/mol. The number of imidazole rings is 1. The van der Waals surface area contributed by atoms with E-state index in [0.717, 1.165) is 17.0 Å². The molecule has 1 aromatic carbocycles. The predicted octanol–water partition coefficient (Wildman–Crippen LogP) is 3.39. The van der Waals surface area contributed by atoms with E-state index in [1.165, 1.54) is 5.56 Å². The van der Waals surface area contributed by atoms with E-state index in [4.69, 9.17) is 9.47 Å². The quantitative estimate of drug-likeness (QED) is 0.920. The van der Waals surface area contributed by atoms with Crippen LogP contribution in [0.5, 0.6) is 11.8 Å². The molecule has 0 aliphatic carbocycles. The fraction of sp³-hybridized carbons (Fsp3) is 0.400. The second-order valence-electron chi connectivity index (χ2n) is 5.47. The van der Waals surface area contributed by atoms with Gasteiger partial charge in [0.05, 0.1) is 26.1 Å². The Kier molecular flexibility index (Phi) is 3.51. The Balaban J connectivity index is 2.48. The molecule has 0 radical (unpaired) electrons. The Bertz CT molecular complexity index is 568. The molecule has 2 rings (SSSR count). The number of aromatic amines is 1. The van der Waals surface area contributed by atoms with Crippen LogP contribution in [0, 0.1) is 0 Å². The van der Waals surface area contributed by atoms with Gasteiger partial charge in [-0.15, -0.1) is 0 Å². The highest BCUT2D eigenvalue weighted by atomic mass is 16.5. The molecule has 1 N–H and O–H groups in total. The molecule has 0 unspecified atom stereocenters. The van der Waals surface area contributed by atoms with Gasteiger partial charge in [-0.2, -0.15) is 0 Å². The summed E-state index contributed by atoms with van der Waals surface area (Å²) in [6.07, 6.45) is 1.77. The highest BCUT2D eigenvalue weighted by Crippen LogP contribution is 2.34. The van der Waals surface area contributed by atoms with Gasteiger partial charge in [0.2, 0.25) is 0 Å². The van der Waals surface area contributed by atoms with E-state index in [9.17, 15) is 0 Å². The summed E-state index contributed by atoms with van der Waals surface area (Å²) in [7, 11) is 3.29. The molecular weight excluding hydrogens is 240 g/mol. The number of rotatable bonds is 3. The van der Waals surface area contributed by atoms with E-state index in [1.807, 2.05) is 12.1 Å². The molecule has 0 bridgehead atoms. The van der Waals surface area contributed by atoms with E-state index in [2.05, 4.69) is 36.8 Å². The number of hydrogen-bond acceptors (Lipinski definition) is 3. The molecule has 0 spiro atoms. The van der Waals surface area contributed by atoms with Crippen LogP contribution in [-0.4, -0.2) is 24.2 Å². The van der Waals surface area contributed by atoms with E-state index < -0.39 is 0 Å². The van der Waals surface area contributed by atoms with Gasteiger partial charge in [-0.05, 0) is 23.6 Å². The molecule has 102 valence electrons. The molecule has 0 saturated carbocycles. The molecule has 0 aliphatic heterocycles. The highest BCUT2D eigenvalue weighted by Gasteiger charge is 2.19. The van der Waals surface area contributed by atoms with Crippen molar-refractivity contribution in [1.29, 1.82) is 0 Å². The van der Waals surface area contributed by atoms with Crippen LogP contribution in [0.3, 0.4) is 0 Å². The molecular formula is C15H20N2O2. The van der Waals surface area contributed by atoms with E-state index in [0.29, 0.717) is 6.01 Å². The average molecular weight is 260 g/mol. The zero-order valence-electron chi connectivity index (χ0n) is 12.1. The van der Waals surface area contributed by atoms with Crippen molar-refractivity contribution in [3.63, 3.8) is 0 Å². The summed E-state index contributed by atoms with van der Waals surface area (Å²) in [5.41, 5.74) is 3.19. The van der Waals surface area contributed by atoms with E-state index >= 15 is 0 Å². The van der Waals surface area contributed by atoms with Crippen molar-refractivity contribution >= 4 is 0 Å². The third-order valence-corrected chi connectivity index (χ3v) is 3.06. The Morgan fingerprint density at radius 1 is 1.11 bits per heavy atom. The maximum absolute atomic E-state index is 5.44. The number of nitrogens with zero attached hydrogens (tertiary/aromatic N) is 1. The summed E-state index contributed by atoms with van der Waals surface area (Å²) < 4.78 is 10.5. The third kappa shape index (κ3) is 2.72. The van der Waals surface area contributed by atoms with Crippen LogP contribution in [0.25, 0.3) is 11.3 Å². The topological polar surface area (TPSA) is 47.1 Å². The molecule has 0 aliphatic rings. The van der Waals surface area contributed by atoms with Crippen molar-refractivity contribution in [2.75, 3.05) is 14.2 Å². The van der Waals surface area contributed by atoms with Crippen molar-refractivity contribution in [3.8, 4) is 23.0 Å². The lowest BCUT2D eigenvalue weighted by molar-refractivity contribution is 0.384. The normalized spacial score (nSPS) is 11.4. The minimum absolute atomic E-state index is 0.0193. The van der Waals surface area contributed by atoms with Crippen LogP contribution in [0.15, 0.2) is 24.4 Å². The molecule has 0 saturated heterocycles. The van der Waals surface area contributed by atoms with Gasteiger partial charge in [-0.25, -0.2) is 4.98 Å². The van der Waals surface area contributed by atoms with Gasteiger partial charge in [0, 0.05) is 11.1 Å². The van der Waals surface area contributed by atoms with Crippen LogP contribution < -0.4 is 9.47 Å². The largest absolute Gasteiger partial charge is 0.496 e. The zero-order chi connectivity index (χ0) is 14.0. The lowest BCUT2D eigenvalue weighted by atomic mass is 9.85. The number of H-pyrrole nitrogens is 1. The second-order valence-corrected chi connectivity index (χ2v) is 5.47. The smallest absolute Gasteiger partial charge is 0.293 e. The summed E-state index contributed by atoms with van der Waals surface area (Å²) in [6, 6.07) is 6.65. The Labute approximate surface area is 113 Å². The van der Waals surface area contributed by atoms with Crippen LogP contribution >= 0.6 is 0 Å². The fourth-order valence-electron chi connectivity index (χ4n) is 2.01. The van der Waals surface area contributed by atoms with Crippen molar-refractivity contribution in [2.45, 2.75) is 26.2 Å². The fourth-order valence-corrected chi connectivity index (χ4v) is 2.01. The summed E-state index contributed by atoms with van der Waals surface area (Å²) >= 11 is 0. The van der Waals surface area contributed by atoms with Gasteiger partial charge in [0.1, 0.15) is 5.75 Å². The minimum Gasteiger partial charge on any atom is -0.496 e. The molecule has 4 nitrogen and oxygen atoms in total. The van der Waals surface area contributed by atoms with Crippen LogP contribution in [-0.2, 0) is 5.41 Å². The Hall–Kier alpha value is -1.97. The molecule has 0 atom stereocenters. The van der Waals surface area contributed by atoms with Crippen LogP contribution in [0.1, 0.15) is 26.3 Å². The first-order valence-electron chi connectivity index (χ1n) is 6.23. The van der Waals surface area contributed by atoms with Crippen molar-refractivity contribution in [2.24, 2.45) is 0 Å². The second kappa shape index (κ2) is 4.96. The van der Waals surface area contributed by atoms with Crippen molar-refractivity contribution < 1.29 is 9.47 Å². The van der Waals surface area contributed by atoms with Gasteiger partial charge in [-0.1, -0.05) is 20.8 Å². The maximum atomic E-state index is 5.44. The van der Waals surface area contributed by atoms with Gasteiger partial charge < -0.3 is 14.5 Å². The standard InChI is InChI=1S/C15H20N2O2/c1-15(2,3)11-8-10(6-7-13(11)18-4)12-9-16-14(17-12)19-5/h6-9H,1-5H3,(H,16,17). The molecule has 0 amide bonds. The predicted molar refractivity (Wildman–Crippen MR) is 75.8 cm³/mol. The number of hydrogen-bond donors (Lipinski definition) is 1. The summed E-state index contributed by atoms with van der Waals surface area (Å²) in [4.78, 5) is 7.26. The first kappa shape index (κ1) is 13.5. The highest BCUT2D eigenvalue weighted by molar-refractivity contribution is 5.63. The summed E-state index contributed by atoms with van der Waals surface area (Å²) in [6.45, 7) is 6.51. The SMILES string of the molecule is COc1ncc(-c2ccc(OC)c(C(C)(C)C)c2)[nH]1. The van der Waals surface area contributed by atoms with Crippen molar-refractivity contribution in [1.82, 2.24) is 9.97 Å². The van der Waals surface area contributed by atoms with Gasteiger partial charge >= 0.3 is 0 Å². The van der Waals surface area contributed by atoms with Crippen molar-refractivity contribution in [3.05, 3.63) is 30.0 Å². The van der Waals surface area contributed by atoms with Crippen LogP contribution in [0.2, 0.25) is 0 Å². The number of benzene rings is 1. The number of methoxy groups -OCH3 is 2. The summed E-state index contributed by atoms with van der Waals surface area (Å²) in [5, 5.41) is 0. The van der Waals surface area contributed by atoms with E-state index in [-0.39, 0.29) is 5.41 Å². The molecule has 0 fully saturated rings. The number of ether oxygens (including phenoxy) is 2. The first-order chi connectivity index (χ1) is 8.95. The average Bonchev–Trinajstić information content (AvgIpc) is 2.85. The lowest BCUT2D eigenvalue weighted by Crippen LogP contribution is -2.12. The number of nitrogens with one attached hydrogen (secondary N) is 1. The maximum Gasteiger partial charge on any atom is 0.293 e. The molecule has 2 aromatic rings. The molecule has 19 heavy (non-hydrogen) atoms. The van der Waals surface area contributed by atoms with Gasteiger partial charge in [0.15, 0.2) is 0 Å². The Morgan fingerprint density at radius 3 is 2.37 bits per heavy atom. The zero-order valence-corrected chi connectivity index (χ0v) is 12.1. The lowest BCUT2D eigenvalue weighted by Gasteiger charge is -2.22. The van der Waals surface area contributed by atoms with Gasteiger partial charge in [0.25, 0.3) is 6.01 Å². The van der Waals surface area contributed by atoms with Gasteiger partial charge in [-0.3, -0.25) is 0 Å². The molecule has 4 heteroatoms. The molecule has 1 heterocycles. The van der Waals surface area contributed by atoms with Crippen LogP contribution in [0.4, 0.5) is 0 Å². The third-order valence-electron chi connectivity index (χ3n) is 3.06. The number of aromatic nitrogens is 2. The Morgan fingerprint density at radius 2 is 1.84 bits per heavy atom. The molecule has 1 aromatic heterocycles. The minimum atomic E-state index is 0.0193. The first-order valence-corrected chi connectivity index (χ1v) is 6.23. The summed E-state index contributed by atoms with van der Waals surface area (Å²) in [5.74, 6) is 0.905.